The van der Waals surface area contributed by atoms with Gasteiger partial charge in [-0.25, -0.2) is 4.98 Å². The van der Waals surface area contributed by atoms with E-state index in [0.717, 1.165) is 40.6 Å². The van der Waals surface area contributed by atoms with Crippen LogP contribution >= 0.6 is 0 Å². The third kappa shape index (κ3) is 3.82. The summed E-state index contributed by atoms with van der Waals surface area (Å²) in [5.74, 6) is 1.07. The van der Waals surface area contributed by atoms with Crippen LogP contribution in [0.15, 0.2) is 48.7 Å². The van der Waals surface area contributed by atoms with Gasteiger partial charge in [-0.05, 0) is 55.9 Å². The van der Waals surface area contributed by atoms with Crippen molar-refractivity contribution in [2.24, 2.45) is 11.8 Å². The third-order valence-electron chi connectivity index (χ3n) is 7.79. The van der Waals surface area contributed by atoms with E-state index in [1.54, 1.807) is 0 Å². The summed E-state index contributed by atoms with van der Waals surface area (Å²) >= 11 is 0. The maximum absolute atomic E-state index is 13.3. The smallest absolute Gasteiger partial charge is 0.221 e. The van der Waals surface area contributed by atoms with Gasteiger partial charge in [-0.15, -0.1) is 0 Å². The van der Waals surface area contributed by atoms with E-state index < -0.39 is 5.54 Å². The molecule has 2 aromatic carbocycles. The minimum Gasteiger partial charge on any atom is -0.475 e. The van der Waals surface area contributed by atoms with E-state index >= 15 is 0 Å². The number of nitrogens with zero attached hydrogens (tertiary/aromatic N) is 1. The molecule has 2 saturated heterocycles. The molecule has 1 aliphatic carbocycles. The van der Waals surface area contributed by atoms with Crippen LogP contribution in [0, 0.1) is 17.2 Å². The van der Waals surface area contributed by atoms with Crippen molar-refractivity contribution >= 4 is 33.8 Å². The van der Waals surface area contributed by atoms with Gasteiger partial charge in [0.1, 0.15) is 11.6 Å². The second kappa shape index (κ2) is 8.89. The van der Waals surface area contributed by atoms with Gasteiger partial charge < -0.3 is 20.1 Å². The van der Waals surface area contributed by atoms with Crippen molar-refractivity contribution in [3.63, 3.8) is 0 Å². The minimum atomic E-state index is -0.474. The number of hydrogen-bond acceptors (Lipinski definition) is 6. The lowest BCUT2D eigenvalue weighted by molar-refractivity contribution is -0.126. The Balaban J connectivity index is 1.27. The van der Waals surface area contributed by atoms with E-state index in [9.17, 15) is 4.79 Å². The minimum absolute atomic E-state index is 0.0419. The summed E-state index contributed by atoms with van der Waals surface area (Å²) in [4.78, 5) is 17.9. The summed E-state index contributed by atoms with van der Waals surface area (Å²) in [5.41, 5.74) is 3.73. The molecule has 1 spiro atoms. The Labute approximate surface area is 211 Å². The molecular weight excluding hydrogens is 452 g/mol. The maximum Gasteiger partial charge on any atom is 0.221 e. The number of carbonyl (C=O) groups excluding carboxylic acids is 1. The highest BCUT2D eigenvalue weighted by Gasteiger charge is 2.52. The lowest BCUT2D eigenvalue weighted by Crippen LogP contribution is -2.62. The predicted octanol–water partition coefficient (Wildman–Crippen LogP) is 5.10. The number of ketones is 1. The SMILES string of the molecule is CC(C)Oc1ncc(Nc2cccc3c2C[C@]32CC(=O)C(C3CCOCC3)C(=N)N2)c2ccccc12. The molecule has 3 aliphatic rings. The summed E-state index contributed by atoms with van der Waals surface area (Å²) in [6, 6.07) is 14.3. The molecule has 2 atom stereocenters. The highest BCUT2D eigenvalue weighted by atomic mass is 16.5. The zero-order chi connectivity index (χ0) is 24.9. The van der Waals surface area contributed by atoms with Gasteiger partial charge in [-0.2, -0.15) is 0 Å². The van der Waals surface area contributed by atoms with Crippen LogP contribution in [0.3, 0.4) is 0 Å². The molecule has 0 saturated carbocycles. The van der Waals surface area contributed by atoms with Crippen molar-refractivity contribution in [1.29, 1.82) is 5.41 Å². The van der Waals surface area contributed by atoms with Crippen molar-refractivity contribution in [2.75, 3.05) is 18.5 Å². The highest BCUT2D eigenvalue weighted by Crippen LogP contribution is 2.49. The molecule has 0 bridgehead atoms. The summed E-state index contributed by atoms with van der Waals surface area (Å²) in [6.07, 6.45) is 4.70. The van der Waals surface area contributed by atoms with Gasteiger partial charge in [0.05, 0.1) is 29.4 Å². The van der Waals surface area contributed by atoms with Gasteiger partial charge in [-0.1, -0.05) is 30.3 Å². The van der Waals surface area contributed by atoms with Crippen molar-refractivity contribution in [1.82, 2.24) is 10.3 Å². The topological polar surface area (TPSA) is 96.3 Å². The largest absolute Gasteiger partial charge is 0.475 e. The number of nitrogens with one attached hydrogen (secondary N) is 3. The van der Waals surface area contributed by atoms with Crippen LogP contribution < -0.4 is 15.4 Å². The number of piperidine rings is 1. The molecule has 6 rings (SSSR count). The van der Waals surface area contributed by atoms with Crippen LogP contribution in [0.5, 0.6) is 5.88 Å². The number of amidine groups is 1. The molecule has 36 heavy (non-hydrogen) atoms. The molecule has 2 aliphatic heterocycles. The van der Waals surface area contributed by atoms with Crippen molar-refractivity contribution < 1.29 is 14.3 Å². The molecule has 1 aromatic heterocycles. The average molecular weight is 485 g/mol. The summed E-state index contributed by atoms with van der Waals surface area (Å²) in [7, 11) is 0. The number of fused-ring (bicyclic) bond motifs is 3. The quantitative estimate of drug-likeness (QED) is 0.466. The zero-order valence-corrected chi connectivity index (χ0v) is 20.8. The monoisotopic (exact) mass is 484 g/mol. The lowest BCUT2D eigenvalue weighted by atomic mass is 9.63. The van der Waals surface area contributed by atoms with Gasteiger partial charge in [0.2, 0.25) is 5.88 Å². The van der Waals surface area contributed by atoms with Crippen LogP contribution in [0.4, 0.5) is 11.4 Å². The Kier molecular flexibility index (Phi) is 5.67. The second-order valence-electron chi connectivity index (χ2n) is 10.5. The number of ether oxygens (including phenoxy) is 2. The van der Waals surface area contributed by atoms with E-state index in [2.05, 4.69) is 33.8 Å². The molecular formula is C29H32N4O3. The first-order valence-electron chi connectivity index (χ1n) is 12.9. The number of hydrogen-bond donors (Lipinski definition) is 3. The van der Waals surface area contributed by atoms with Crippen LogP contribution in [0.2, 0.25) is 0 Å². The normalized spacial score (nSPS) is 23.9. The number of benzene rings is 2. The number of rotatable bonds is 5. The molecule has 7 heteroatoms. The molecule has 3 aromatic rings. The fourth-order valence-electron chi connectivity index (χ4n) is 6.13. The number of carbonyl (C=O) groups is 1. The first kappa shape index (κ1) is 23.0. The Morgan fingerprint density at radius 3 is 2.61 bits per heavy atom. The van der Waals surface area contributed by atoms with Crippen LogP contribution in [0.25, 0.3) is 10.8 Å². The molecule has 2 fully saturated rings. The zero-order valence-electron chi connectivity index (χ0n) is 20.8. The Bertz CT molecular complexity index is 1330. The molecule has 3 heterocycles. The number of aromatic nitrogens is 1. The van der Waals surface area contributed by atoms with Crippen LogP contribution in [0.1, 0.15) is 44.2 Å². The number of Topliss-reactive ketones (excluding diaryl/α,β-unsaturated/α-hetero) is 1. The van der Waals surface area contributed by atoms with Crippen LogP contribution in [-0.2, 0) is 21.5 Å². The summed E-state index contributed by atoms with van der Waals surface area (Å²) in [6.45, 7) is 5.35. The fourth-order valence-corrected chi connectivity index (χ4v) is 6.13. The Hall–Kier alpha value is -3.45. The van der Waals surface area contributed by atoms with Gasteiger partial charge >= 0.3 is 0 Å². The Morgan fingerprint density at radius 1 is 1.08 bits per heavy atom. The van der Waals surface area contributed by atoms with Gasteiger partial charge in [0, 0.05) is 42.5 Å². The molecule has 7 nitrogen and oxygen atoms in total. The molecule has 0 amide bonds. The number of pyridine rings is 1. The van der Waals surface area contributed by atoms with Gasteiger partial charge in [0.25, 0.3) is 0 Å². The van der Waals surface area contributed by atoms with Crippen molar-refractivity contribution in [3.8, 4) is 5.88 Å². The van der Waals surface area contributed by atoms with E-state index in [-0.39, 0.29) is 23.7 Å². The molecule has 3 N–H and O–H groups in total. The fraction of sp³-hybridized carbons (Fsp3) is 0.414. The standard InChI is InChI=1S/C29H32N4O3/c1-17(2)36-28-20-7-4-3-6-19(20)24(16-31-28)32-23-9-5-8-22-21(23)14-29(22)15-25(34)26(27(30)33-29)18-10-12-35-13-11-18/h3-9,16-18,26,32H,10-15H2,1-2H3,(H2,30,33)/t26?,29-/m0/s1. The van der Waals surface area contributed by atoms with E-state index in [1.807, 2.05) is 44.3 Å². The third-order valence-corrected chi connectivity index (χ3v) is 7.79. The average Bonchev–Trinajstić information content (AvgIpc) is 2.86. The first-order valence-corrected chi connectivity index (χ1v) is 12.9. The summed E-state index contributed by atoms with van der Waals surface area (Å²) in [5, 5.41) is 17.8. The Morgan fingerprint density at radius 2 is 1.86 bits per heavy atom. The first-order chi connectivity index (χ1) is 17.4. The number of anilines is 2. The van der Waals surface area contributed by atoms with E-state index in [1.165, 1.54) is 5.56 Å². The van der Waals surface area contributed by atoms with Crippen molar-refractivity contribution in [2.45, 2.75) is 51.2 Å². The second-order valence-corrected chi connectivity index (χ2v) is 10.5. The van der Waals surface area contributed by atoms with Crippen molar-refractivity contribution in [3.05, 3.63) is 59.8 Å². The molecule has 186 valence electrons. The molecule has 0 radical (unpaired) electrons. The highest BCUT2D eigenvalue weighted by molar-refractivity contribution is 6.07. The van der Waals surface area contributed by atoms with Crippen LogP contribution in [-0.4, -0.2) is 35.9 Å². The molecule has 1 unspecified atom stereocenters. The van der Waals surface area contributed by atoms with Gasteiger partial charge in [-0.3, -0.25) is 10.2 Å². The van der Waals surface area contributed by atoms with Gasteiger partial charge in [0.15, 0.2) is 0 Å². The summed E-state index contributed by atoms with van der Waals surface area (Å²) < 4.78 is 11.4. The van der Waals surface area contributed by atoms with E-state index in [4.69, 9.17) is 14.9 Å². The maximum atomic E-state index is 13.3. The lowest BCUT2D eigenvalue weighted by Gasteiger charge is -2.50. The van der Waals surface area contributed by atoms with E-state index in [0.29, 0.717) is 37.8 Å². The predicted molar refractivity (Wildman–Crippen MR) is 140 cm³/mol.